The SMILES string of the molecule is CCc1cc(CN(C)CC2(CO)CC2)ccc1OC. The fourth-order valence-corrected chi connectivity index (χ4v) is 2.69. The zero-order chi connectivity index (χ0) is 13.9. The van der Waals surface area contributed by atoms with E-state index in [9.17, 15) is 5.11 Å². The van der Waals surface area contributed by atoms with Crippen LogP contribution in [0.3, 0.4) is 0 Å². The molecule has 2 rings (SSSR count). The summed E-state index contributed by atoms with van der Waals surface area (Å²) in [5.74, 6) is 0.975. The van der Waals surface area contributed by atoms with Crippen LogP contribution in [0.2, 0.25) is 0 Å². The van der Waals surface area contributed by atoms with Crippen molar-refractivity contribution in [1.29, 1.82) is 0 Å². The monoisotopic (exact) mass is 263 g/mol. The van der Waals surface area contributed by atoms with Gasteiger partial charge in [-0.2, -0.15) is 0 Å². The van der Waals surface area contributed by atoms with E-state index in [4.69, 9.17) is 4.74 Å². The number of benzene rings is 1. The highest BCUT2D eigenvalue weighted by molar-refractivity contribution is 5.37. The van der Waals surface area contributed by atoms with Crippen molar-refractivity contribution in [3.05, 3.63) is 29.3 Å². The first kappa shape index (κ1) is 14.4. The van der Waals surface area contributed by atoms with E-state index in [1.807, 2.05) is 0 Å². The molecular weight excluding hydrogens is 238 g/mol. The quantitative estimate of drug-likeness (QED) is 0.820. The van der Waals surface area contributed by atoms with Crippen molar-refractivity contribution in [3.63, 3.8) is 0 Å². The molecule has 19 heavy (non-hydrogen) atoms. The first-order chi connectivity index (χ1) is 9.12. The Balaban J connectivity index is 1.98. The largest absolute Gasteiger partial charge is 0.496 e. The summed E-state index contributed by atoms with van der Waals surface area (Å²) in [5.41, 5.74) is 2.76. The van der Waals surface area contributed by atoms with Crippen LogP contribution in [0, 0.1) is 5.41 Å². The highest BCUT2D eigenvalue weighted by atomic mass is 16.5. The van der Waals surface area contributed by atoms with Gasteiger partial charge in [0, 0.05) is 25.1 Å². The van der Waals surface area contributed by atoms with Gasteiger partial charge in [-0.15, -0.1) is 0 Å². The summed E-state index contributed by atoms with van der Waals surface area (Å²) in [4.78, 5) is 2.31. The fraction of sp³-hybridized carbons (Fsp3) is 0.625. The van der Waals surface area contributed by atoms with Crippen LogP contribution in [-0.4, -0.2) is 37.3 Å². The van der Waals surface area contributed by atoms with Crippen LogP contribution in [0.15, 0.2) is 18.2 Å². The Morgan fingerprint density at radius 1 is 1.37 bits per heavy atom. The van der Waals surface area contributed by atoms with E-state index >= 15 is 0 Å². The number of aliphatic hydroxyl groups excluding tert-OH is 1. The molecule has 0 radical (unpaired) electrons. The van der Waals surface area contributed by atoms with Gasteiger partial charge in [0.05, 0.1) is 7.11 Å². The van der Waals surface area contributed by atoms with Crippen molar-refractivity contribution in [2.45, 2.75) is 32.7 Å². The number of aliphatic hydroxyl groups is 1. The van der Waals surface area contributed by atoms with E-state index in [0.717, 1.165) is 38.1 Å². The van der Waals surface area contributed by atoms with Gasteiger partial charge < -0.3 is 14.7 Å². The van der Waals surface area contributed by atoms with Crippen LogP contribution >= 0.6 is 0 Å². The summed E-state index contributed by atoms with van der Waals surface area (Å²) < 4.78 is 5.36. The number of aryl methyl sites for hydroxylation is 1. The van der Waals surface area contributed by atoms with E-state index in [-0.39, 0.29) is 5.41 Å². The Morgan fingerprint density at radius 3 is 2.63 bits per heavy atom. The van der Waals surface area contributed by atoms with Crippen LogP contribution < -0.4 is 4.74 Å². The van der Waals surface area contributed by atoms with Crippen LogP contribution in [-0.2, 0) is 13.0 Å². The second kappa shape index (κ2) is 5.93. The van der Waals surface area contributed by atoms with Crippen molar-refractivity contribution in [2.75, 3.05) is 27.3 Å². The highest BCUT2D eigenvalue weighted by Crippen LogP contribution is 2.45. The number of rotatable bonds is 7. The minimum Gasteiger partial charge on any atom is -0.496 e. The van der Waals surface area contributed by atoms with E-state index < -0.39 is 0 Å². The maximum absolute atomic E-state index is 9.38. The smallest absolute Gasteiger partial charge is 0.122 e. The molecule has 0 saturated heterocycles. The molecule has 1 aromatic carbocycles. The third kappa shape index (κ3) is 3.48. The molecule has 0 aliphatic heterocycles. The van der Waals surface area contributed by atoms with Crippen molar-refractivity contribution in [2.24, 2.45) is 5.41 Å². The van der Waals surface area contributed by atoms with Gasteiger partial charge in [-0.25, -0.2) is 0 Å². The molecule has 0 unspecified atom stereocenters. The molecule has 1 aliphatic rings. The van der Waals surface area contributed by atoms with Gasteiger partial charge in [-0.1, -0.05) is 19.1 Å². The minimum absolute atomic E-state index is 0.189. The summed E-state index contributed by atoms with van der Waals surface area (Å²) in [6.07, 6.45) is 3.31. The van der Waals surface area contributed by atoms with Gasteiger partial charge in [-0.3, -0.25) is 0 Å². The Morgan fingerprint density at radius 2 is 2.11 bits per heavy atom. The number of hydrogen-bond acceptors (Lipinski definition) is 3. The van der Waals surface area contributed by atoms with Gasteiger partial charge in [0.15, 0.2) is 0 Å². The topological polar surface area (TPSA) is 32.7 Å². The Labute approximate surface area is 116 Å². The Kier molecular flexibility index (Phi) is 4.48. The molecule has 1 aliphatic carbocycles. The zero-order valence-electron chi connectivity index (χ0n) is 12.3. The standard InChI is InChI=1S/C16H25NO2/c1-4-14-9-13(5-6-15(14)19-3)10-17(2)11-16(12-18)7-8-16/h5-6,9,18H,4,7-8,10-12H2,1-3H3. The maximum atomic E-state index is 9.38. The molecule has 0 bridgehead atoms. The van der Waals surface area contributed by atoms with Gasteiger partial charge in [0.1, 0.15) is 5.75 Å². The van der Waals surface area contributed by atoms with Crippen molar-refractivity contribution in [3.8, 4) is 5.75 Å². The van der Waals surface area contributed by atoms with Gasteiger partial charge in [0.25, 0.3) is 0 Å². The van der Waals surface area contributed by atoms with Crippen molar-refractivity contribution in [1.82, 2.24) is 4.90 Å². The van der Waals surface area contributed by atoms with E-state index in [1.54, 1.807) is 7.11 Å². The third-order valence-corrected chi connectivity index (χ3v) is 4.08. The average Bonchev–Trinajstić information content (AvgIpc) is 3.18. The molecular formula is C16H25NO2. The summed E-state index contributed by atoms with van der Waals surface area (Å²) in [6, 6.07) is 6.42. The molecule has 0 atom stereocenters. The fourth-order valence-electron chi connectivity index (χ4n) is 2.69. The predicted octanol–water partition coefficient (Wildman–Crippen LogP) is 2.46. The predicted molar refractivity (Wildman–Crippen MR) is 77.5 cm³/mol. The number of hydrogen-bond donors (Lipinski definition) is 1. The summed E-state index contributed by atoms with van der Waals surface area (Å²) in [6.45, 7) is 4.38. The Bertz CT molecular complexity index is 427. The Hall–Kier alpha value is -1.06. The van der Waals surface area contributed by atoms with E-state index in [1.165, 1.54) is 11.1 Å². The molecule has 3 nitrogen and oxygen atoms in total. The van der Waals surface area contributed by atoms with Crippen molar-refractivity contribution >= 4 is 0 Å². The van der Waals surface area contributed by atoms with Gasteiger partial charge in [0.2, 0.25) is 0 Å². The van der Waals surface area contributed by atoms with Crippen LogP contribution in [0.4, 0.5) is 0 Å². The molecule has 106 valence electrons. The molecule has 0 heterocycles. The maximum Gasteiger partial charge on any atom is 0.122 e. The number of ether oxygens (including phenoxy) is 1. The first-order valence-corrected chi connectivity index (χ1v) is 7.07. The molecule has 1 N–H and O–H groups in total. The zero-order valence-corrected chi connectivity index (χ0v) is 12.3. The normalized spacial score (nSPS) is 16.7. The lowest BCUT2D eigenvalue weighted by atomic mass is 10.1. The van der Waals surface area contributed by atoms with Gasteiger partial charge in [-0.05, 0) is 43.5 Å². The van der Waals surface area contributed by atoms with Crippen LogP contribution in [0.1, 0.15) is 30.9 Å². The lowest BCUT2D eigenvalue weighted by Gasteiger charge is -2.22. The van der Waals surface area contributed by atoms with Crippen molar-refractivity contribution < 1.29 is 9.84 Å². The van der Waals surface area contributed by atoms with Crippen LogP contribution in [0.25, 0.3) is 0 Å². The van der Waals surface area contributed by atoms with Gasteiger partial charge >= 0.3 is 0 Å². The second-order valence-corrected chi connectivity index (χ2v) is 5.83. The number of methoxy groups -OCH3 is 1. The summed E-state index contributed by atoms with van der Waals surface area (Å²) in [5, 5.41) is 9.38. The lowest BCUT2D eigenvalue weighted by molar-refractivity contribution is 0.161. The molecule has 1 saturated carbocycles. The highest BCUT2D eigenvalue weighted by Gasteiger charge is 2.42. The molecule has 1 aromatic rings. The molecule has 1 fully saturated rings. The third-order valence-electron chi connectivity index (χ3n) is 4.08. The second-order valence-electron chi connectivity index (χ2n) is 5.83. The van der Waals surface area contributed by atoms with Crippen LogP contribution in [0.5, 0.6) is 5.75 Å². The summed E-state index contributed by atoms with van der Waals surface area (Å²) in [7, 11) is 3.85. The van der Waals surface area contributed by atoms with E-state index in [0.29, 0.717) is 6.61 Å². The number of nitrogens with zero attached hydrogens (tertiary/aromatic N) is 1. The molecule has 3 heteroatoms. The lowest BCUT2D eigenvalue weighted by Crippen LogP contribution is -2.28. The minimum atomic E-state index is 0.189. The molecule has 0 aromatic heterocycles. The summed E-state index contributed by atoms with van der Waals surface area (Å²) >= 11 is 0. The average molecular weight is 263 g/mol. The molecule has 0 amide bonds. The molecule has 0 spiro atoms. The first-order valence-electron chi connectivity index (χ1n) is 7.07. The van der Waals surface area contributed by atoms with E-state index in [2.05, 4.69) is 37.1 Å².